The summed E-state index contributed by atoms with van der Waals surface area (Å²) in [6.07, 6.45) is 2.11. The second-order valence-electron chi connectivity index (χ2n) is 7.48. The van der Waals surface area contributed by atoms with E-state index in [1.54, 1.807) is 7.05 Å². The minimum Gasteiger partial charge on any atom is -0.373 e. The lowest BCUT2D eigenvalue weighted by molar-refractivity contribution is 0.0243. The Morgan fingerprint density at radius 3 is 2.56 bits per heavy atom. The van der Waals surface area contributed by atoms with Gasteiger partial charge in [0.2, 0.25) is 10.0 Å². The average molecular weight is 397 g/mol. The molecular formula is C19H32N4O3S. The Kier molecular flexibility index (Phi) is 7.64. The highest BCUT2D eigenvalue weighted by Gasteiger charge is 2.29. The molecule has 0 aliphatic carbocycles. The Morgan fingerprint density at radius 1 is 1.26 bits per heavy atom. The van der Waals surface area contributed by atoms with E-state index in [-0.39, 0.29) is 17.4 Å². The fourth-order valence-electron chi connectivity index (χ4n) is 3.12. The van der Waals surface area contributed by atoms with Crippen LogP contribution in [0, 0.1) is 0 Å². The third-order valence-electron chi connectivity index (χ3n) is 4.48. The maximum absolute atomic E-state index is 12.3. The highest BCUT2D eigenvalue weighted by molar-refractivity contribution is 7.88. The third kappa shape index (κ3) is 7.12. The zero-order chi connectivity index (χ0) is 19.9. The molecule has 1 atom stereocenters. The van der Waals surface area contributed by atoms with Crippen molar-refractivity contribution < 1.29 is 13.2 Å². The maximum Gasteiger partial charge on any atom is 0.216 e. The van der Waals surface area contributed by atoms with Crippen molar-refractivity contribution in [3.05, 3.63) is 35.4 Å². The lowest BCUT2D eigenvalue weighted by atomic mass is 10.0. The molecule has 1 fully saturated rings. The third-order valence-corrected chi connectivity index (χ3v) is 6.00. The molecule has 0 saturated carbocycles. The van der Waals surface area contributed by atoms with Crippen LogP contribution in [-0.4, -0.2) is 46.2 Å². The van der Waals surface area contributed by atoms with E-state index >= 15 is 0 Å². The number of hydrogen-bond donors (Lipinski definition) is 3. The minimum absolute atomic E-state index is 0.0407. The summed E-state index contributed by atoms with van der Waals surface area (Å²) in [6.45, 7) is 7.70. The van der Waals surface area contributed by atoms with Crippen LogP contribution in [-0.2, 0) is 27.1 Å². The summed E-state index contributed by atoms with van der Waals surface area (Å²) < 4.78 is 32.9. The smallest absolute Gasteiger partial charge is 0.216 e. The van der Waals surface area contributed by atoms with Crippen LogP contribution in [0.3, 0.4) is 0 Å². The van der Waals surface area contributed by atoms with Crippen molar-refractivity contribution in [2.45, 2.75) is 57.6 Å². The lowest BCUT2D eigenvalue weighted by Crippen LogP contribution is -2.45. The highest BCUT2D eigenvalue weighted by Crippen LogP contribution is 2.23. The molecule has 1 aliphatic rings. The minimum atomic E-state index is -3.37. The van der Waals surface area contributed by atoms with Crippen LogP contribution in [0.15, 0.2) is 29.3 Å². The summed E-state index contributed by atoms with van der Waals surface area (Å²) in [6, 6.07) is 7.42. The number of hydrogen-bond acceptors (Lipinski definition) is 4. The van der Waals surface area contributed by atoms with Crippen LogP contribution >= 0.6 is 0 Å². The van der Waals surface area contributed by atoms with Crippen molar-refractivity contribution in [1.29, 1.82) is 0 Å². The number of rotatable bonds is 8. The topological polar surface area (TPSA) is 91.8 Å². The Hall–Kier alpha value is -1.64. The van der Waals surface area contributed by atoms with E-state index < -0.39 is 10.0 Å². The SMILES string of the molecule is CN=C(NCc1ccccc1CS(=O)(=O)NC(C)C)NCC1(C)CCCO1. The predicted molar refractivity (Wildman–Crippen MR) is 109 cm³/mol. The molecule has 1 aliphatic heterocycles. The molecule has 1 aromatic rings. The summed E-state index contributed by atoms with van der Waals surface area (Å²) >= 11 is 0. The van der Waals surface area contributed by atoms with E-state index in [2.05, 4.69) is 27.3 Å². The first kappa shape index (κ1) is 21.7. The van der Waals surface area contributed by atoms with Gasteiger partial charge in [0.05, 0.1) is 11.4 Å². The number of ether oxygens (including phenoxy) is 1. The van der Waals surface area contributed by atoms with E-state index in [0.29, 0.717) is 19.0 Å². The van der Waals surface area contributed by atoms with Gasteiger partial charge in [-0.3, -0.25) is 4.99 Å². The normalized spacial score (nSPS) is 20.9. The molecule has 0 spiro atoms. The molecule has 3 N–H and O–H groups in total. The van der Waals surface area contributed by atoms with Crippen molar-refractivity contribution in [3.63, 3.8) is 0 Å². The monoisotopic (exact) mass is 396 g/mol. The number of sulfonamides is 1. The van der Waals surface area contributed by atoms with Crippen molar-refractivity contribution in [2.75, 3.05) is 20.2 Å². The average Bonchev–Trinajstić information content (AvgIpc) is 3.01. The van der Waals surface area contributed by atoms with Gasteiger partial charge in [-0.1, -0.05) is 24.3 Å². The molecule has 0 aromatic heterocycles. The second kappa shape index (κ2) is 9.52. The fraction of sp³-hybridized carbons (Fsp3) is 0.632. The molecule has 8 heteroatoms. The van der Waals surface area contributed by atoms with Crippen LogP contribution in [0.4, 0.5) is 0 Å². The van der Waals surface area contributed by atoms with E-state index in [0.717, 1.165) is 30.6 Å². The molecule has 152 valence electrons. The van der Waals surface area contributed by atoms with Crippen molar-refractivity contribution in [2.24, 2.45) is 4.99 Å². The Labute approximate surface area is 163 Å². The van der Waals surface area contributed by atoms with E-state index in [9.17, 15) is 8.42 Å². The van der Waals surface area contributed by atoms with Gasteiger partial charge < -0.3 is 15.4 Å². The van der Waals surface area contributed by atoms with Gasteiger partial charge in [0, 0.05) is 32.8 Å². The van der Waals surface area contributed by atoms with Crippen LogP contribution in [0.1, 0.15) is 44.7 Å². The predicted octanol–water partition coefficient (Wildman–Crippen LogP) is 1.75. The van der Waals surface area contributed by atoms with E-state index in [1.807, 2.05) is 38.1 Å². The van der Waals surface area contributed by atoms with Gasteiger partial charge in [0.25, 0.3) is 0 Å². The second-order valence-corrected chi connectivity index (χ2v) is 9.24. The van der Waals surface area contributed by atoms with Gasteiger partial charge >= 0.3 is 0 Å². The molecule has 2 rings (SSSR count). The number of benzene rings is 1. The van der Waals surface area contributed by atoms with Crippen LogP contribution < -0.4 is 15.4 Å². The molecule has 1 aromatic carbocycles. The fourth-order valence-corrected chi connectivity index (χ4v) is 4.62. The van der Waals surface area contributed by atoms with Gasteiger partial charge in [-0.15, -0.1) is 0 Å². The molecule has 1 unspecified atom stereocenters. The van der Waals surface area contributed by atoms with Crippen molar-refractivity contribution in [1.82, 2.24) is 15.4 Å². The molecule has 1 heterocycles. The summed E-state index contributed by atoms with van der Waals surface area (Å²) in [5.74, 6) is 0.630. The van der Waals surface area contributed by atoms with Crippen LogP contribution in [0.5, 0.6) is 0 Å². The Bertz CT molecular complexity index is 741. The largest absolute Gasteiger partial charge is 0.373 e. The summed E-state index contributed by atoms with van der Waals surface area (Å²) in [4.78, 5) is 4.25. The summed E-state index contributed by atoms with van der Waals surface area (Å²) in [7, 11) is -1.65. The molecule has 0 amide bonds. The Morgan fingerprint density at radius 2 is 1.96 bits per heavy atom. The molecule has 7 nitrogen and oxygen atoms in total. The zero-order valence-corrected chi connectivity index (χ0v) is 17.5. The molecule has 0 radical (unpaired) electrons. The Balaban J connectivity index is 1.96. The lowest BCUT2D eigenvalue weighted by Gasteiger charge is -2.24. The van der Waals surface area contributed by atoms with E-state index in [1.165, 1.54) is 0 Å². The van der Waals surface area contributed by atoms with Crippen molar-refractivity contribution in [3.8, 4) is 0 Å². The maximum atomic E-state index is 12.3. The van der Waals surface area contributed by atoms with Gasteiger partial charge in [0.1, 0.15) is 0 Å². The van der Waals surface area contributed by atoms with Gasteiger partial charge in [-0.25, -0.2) is 13.1 Å². The summed E-state index contributed by atoms with van der Waals surface area (Å²) in [5, 5.41) is 6.56. The number of nitrogens with one attached hydrogen (secondary N) is 3. The number of aliphatic imine (C=N–C) groups is 1. The first-order valence-electron chi connectivity index (χ1n) is 9.38. The standard InChI is InChI=1S/C19H32N4O3S/c1-15(2)23-27(24,25)13-17-9-6-5-8-16(17)12-21-18(20-4)22-14-19(3)10-7-11-26-19/h5-6,8-9,15,23H,7,10-14H2,1-4H3,(H2,20,21,22). The molecule has 27 heavy (non-hydrogen) atoms. The number of guanidine groups is 1. The molecule has 1 saturated heterocycles. The highest BCUT2D eigenvalue weighted by atomic mass is 32.2. The zero-order valence-electron chi connectivity index (χ0n) is 16.7. The quantitative estimate of drug-likeness (QED) is 0.460. The van der Waals surface area contributed by atoms with Crippen molar-refractivity contribution >= 4 is 16.0 Å². The first-order valence-corrected chi connectivity index (χ1v) is 11.0. The number of nitrogens with zero attached hydrogens (tertiary/aromatic N) is 1. The molecular weight excluding hydrogens is 364 g/mol. The van der Waals surface area contributed by atoms with Crippen LogP contribution in [0.25, 0.3) is 0 Å². The van der Waals surface area contributed by atoms with Gasteiger partial charge in [0.15, 0.2) is 5.96 Å². The van der Waals surface area contributed by atoms with E-state index in [4.69, 9.17) is 4.74 Å². The van der Waals surface area contributed by atoms with Crippen LogP contribution in [0.2, 0.25) is 0 Å². The summed E-state index contributed by atoms with van der Waals surface area (Å²) in [5.41, 5.74) is 1.55. The van der Waals surface area contributed by atoms with Gasteiger partial charge in [-0.05, 0) is 44.7 Å². The van der Waals surface area contributed by atoms with Gasteiger partial charge in [-0.2, -0.15) is 0 Å². The molecule has 0 bridgehead atoms. The first-order chi connectivity index (χ1) is 12.7.